The average molecular weight is 282 g/mol. The molecule has 20 heavy (non-hydrogen) atoms. The Morgan fingerprint density at radius 1 is 1.20 bits per heavy atom. The summed E-state index contributed by atoms with van der Waals surface area (Å²) in [6.07, 6.45) is 7.07. The minimum atomic E-state index is -0.0335. The highest BCUT2D eigenvalue weighted by atomic mass is 32.1. The van der Waals surface area contributed by atoms with Crippen LogP contribution in [0, 0.1) is 4.77 Å². The minimum absolute atomic E-state index is 0.0235. The van der Waals surface area contributed by atoms with Crippen LogP contribution in [0.25, 0.3) is 6.08 Å². The molecule has 0 amide bonds. The van der Waals surface area contributed by atoms with Gasteiger partial charge in [-0.05, 0) is 36.2 Å². The number of rotatable bonds is 0. The first-order chi connectivity index (χ1) is 9.68. The van der Waals surface area contributed by atoms with Gasteiger partial charge in [0.25, 0.3) is 5.56 Å². The lowest BCUT2D eigenvalue weighted by Gasteiger charge is -2.34. The van der Waals surface area contributed by atoms with Gasteiger partial charge in [0, 0.05) is 23.1 Å². The van der Waals surface area contributed by atoms with Crippen molar-refractivity contribution in [2.24, 2.45) is 0 Å². The lowest BCUT2D eigenvalue weighted by Crippen LogP contribution is -2.34. The predicted molar refractivity (Wildman–Crippen MR) is 81.4 cm³/mol. The number of hydrogen-bond donors (Lipinski definition) is 2. The summed E-state index contributed by atoms with van der Waals surface area (Å²) >= 11 is 5.10. The van der Waals surface area contributed by atoms with Crippen molar-refractivity contribution in [3.05, 3.63) is 67.9 Å². The molecule has 4 rings (SSSR count). The number of hydrogen-bond acceptors (Lipinski definition) is 2. The Kier molecular flexibility index (Phi) is 2.39. The predicted octanol–water partition coefficient (Wildman–Crippen LogP) is 2.89. The Labute approximate surface area is 121 Å². The van der Waals surface area contributed by atoms with E-state index in [1.165, 1.54) is 11.1 Å². The van der Waals surface area contributed by atoms with Crippen molar-refractivity contribution < 1.29 is 0 Å². The summed E-state index contributed by atoms with van der Waals surface area (Å²) in [7, 11) is 0. The van der Waals surface area contributed by atoms with E-state index in [-0.39, 0.29) is 11.0 Å². The largest absolute Gasteiger partial charge is 0.336 e. The van der Waals surface area contributed by atoms with E-state index in [1.54, 1.807) is 0 Å². The third kappa shape index (κ3) is 1.58. The van der Waals surface area contributed by atoms with Crippen LogP contribution in [0.1, 0.15) is 28.8 Å². The van der Waals surface area contributed by atoms with Gasteiger partial charge in [-0.1, -0.05) is 36.4 Å². The number of fused-ring (bicyclic) bond motifs is 3. The van der Waals surface area contributed by atoms with Crippen LogP contribution in [0.15, 0.2) is 35.1 Å². The Hall–Kier alpha value is -1.94. The van der Waals surface area contributed by atoms with Crippen molar-refractivity contribution in [2.45, 2.75) is 24.7 Å². The average Bonchev–Trinajstić information content (AvgIpc) is 2.77. The van der Waals surface area contributed by atoms with Crippen LogP contribution >= 0.6 is 12.2 Å². The van der Waals surface area contributed by atoms with Crippen LogP contribution in [-0.4, -0.2) is 9.97 Å². The number of H-pyrrole nitrogens is 2. The van der Waals surface area contributed by atoms with E-state index in [0.717, 1.165) is 30.5 Å². The van der Waals surface area contributed by atoms with Gasteiger partial charge in [0.15, 0.2) is 4.77 Å². The van der Waals surface area contributed by atoms with E-state index in [1.807, 2.05) is 0 Å². The Morgan fingerprint density at radius 2 is 2.05 bits per heavy atom. The highest BCUT2D eigenvalue weighted by molar-refractivity contribution is 7.71. The molecule has 100 valence electrons. The molecule has 2 aliphatic rings. The van der Waals surface area contributed by atoms with Crippen molar-refractivity contribution in [3.63, 3.8) is 0 Å². The SMILES string of the molecule is O=c1[nH]c(=S)[nH]c2c1CCC1(C=Cc3ccccc31)C2. The van der Waals surface area contributed by atoms with Crippen molar-refractivity contribution >= 4 is 18.3 Å². The van der Waals surface area contributed by atoms with E-state index in [9.17, 15) is 4.79 Å². The van der Waals surface area contributed by atoms with Crippen LogP contribution in [0.4, 0.5) is 0 Å². The molecule has 2 N–H and O–H groups in total. The number of aromatic amines is 2. The molecule has 1 aromatic carbocycles. The van der Waals surface area contributed by atoms with Gasteiger partial charge < -0.3 is 4.98 Å². The number of aromatic nitrogens is 2. The number of nitrogens with one attached hydrogen (secondary N) is 2. The standard InChI is InChI=1S/C16H14N2OS/c19-14-11-6-8-16(9-13(11)17-15(20)18-14)7-5-10-3-1-2-4-12(10)16/h1-5,7H,6,8-9H2,(H2,17,18,19,20). The topological polar surface area (TPSA) is 48.6 Å². The summed E-state index contributed by atoms with van der Waals surface area (Å²) in [6, 6.07) is 8.50. The van der Waals surface area contributed by atoms with Crippen LogP contribution in [0.3, 0.4) is 0 Å². The highest BCUT2D eigenvalue weighted by Crippen LogP contribution is 2.44. The molecule has 1 spiro atoms. The summed E-state index contributed by atoms with van der Waals surface area (Å²) in [5.41, 5.74) is 4.50. The van der Waals surface area contributed by atoms with Gasteiger partial charge in [0.2, 0.25) is 0 Å². The van der Waals surface area contributed by atoms with Gasteiger partial charge in [0.1, 0.15) is 0 Å². The van der Waals surface area contributed by atoms with Gasteiger partial charge >= 0.3 is 0 Å². The second-order valence-corrected chi connectivity index (χ2v) is 6.03. The number of allylic oxidation sites excluding steroid dienone is 1. The molecule has 2 aromatic rings. The zero-order valence-corrected chi connectivity index (χ0v) is 11.7. The normalized spacial score (nSPS) is 22.8. The Balaban J connectivity index is 1.88. The summed E-state index contributed by atoms with van der Waals surface area (Å²) in [5, 5.41) is 0. The second-order valence-electron chi connectivity index (χ2n) is 5.62. The molecule has 0 fully saturated rings. The third-order valence-corrected chi connectivity index (χ3v) is 4.73. The quantitative estimate of drug-likeness (QED) is 0.730. The summed E-state index contributed by atoms with van der Waals surface area (Å²) in [6.45, 7) is 0. The Morgan fingerprint density at radius 3 is 2.95 bits per heavy atom. The molecular weight excluding hydrogens is 268 g/mol. The molecule has 1 atom stereocenters. The van der Waals surface area contributed by atoms with Crippen LogP contribution < -0.4 is 5.56 Å². The lowest BCUT2D eigenvalue weighted by atomic mass is 9.70. The third-order valence-electron chi connectivity index (χ3n) is 4.52. The first-order valence-electron chi connectivity index (χ1n) is 6.81. The lowest BCUT2D eigenvalue weighted by molar-refractivity contribution is 0.456. The highest BCUT2D eigenvalue weighted by Gasteiger charge is 2.38. The first kappa shape index (κ1) is 11.9. The van der Waals surface area contributed by atoms with Crippen molar-refractivity contribution in [1.82, 2.24) is 9.97 Å². The first-order valence-corrected chi connectivity index (χ1v) is 7.22. The molecule has 0 saturated heterocycles. The van der Waals surface area contributed by atoms with Crippen molar-refractivity contribution in [3.8, 4) is 0 Å². The van der Waals surface area contributed by atoms with Crippen LogP contribution in [0.5, 0.6) is 0 Å². The smallest absolute Gasteiger partial charge is 0.255 e. The second kappa shape index (κ2) is 4.03. The maximum absolute atomic E-state index is 12.0. The van der Waals surface area contributed by atoms with E-state index in [4.69, 9.17) is 12.2 Å². The summed E-state index contributed by atoms with van der Waals surface area (Å²) in [5.74, 6) is 0. The zero-order chi connectivity index (χ0) is 13.7. The molecule has 3 nitrogen and oxygen atoms in total. The van der Waals surface area contributed by atoms with E-state index >= 15 is 0 Å². The van der Waals surface area contributed by atoms with E-state index in [2.05, 4.69) is 46.4 Å². The summed E-state index contributed by atoms with van der Waals surface area (Å²) < 4.78 is 0.418. The molecule has 0 bridgehead atoms. The fraction of sp³-hybridized carbons (Fsp3) is 0.250. The van der Waals surface area contributed by atoms with Gasteiger partial charge in [-0.2, -0.15) is 0 Å². The fourth-order valence-electron chi connectivity index (χ4n) is 3.53. The van der Waals surface area contributed by atoms with Gasteiger partial charge in [-0.3, -0.25) is 9.78 Å². The van der Waals surface area contributed by atoms with Crippen molar-refractivity contribution in [2.75, 3.05) is 0 Å². The van der Waals surface area contributed by atoms with Gasteiger partial charge in [-0.25, -0.2) is 0 Å². The monoisotopic (exact) mass is 282 g/mol. The molecule has 0 saturated carbocycles. The zero-order valence-electron chi connectivity index (χ0n) is 10.9. The Bertz CT molecular complexity index is 846. The molecule has 1 heterocycles. The maximum Gasteiger partial charge on any atom is 0.255 e. The van der Waals surface area contributed by atoms with Gasteiger partial charge in [0.05, 0.1) is 0 Å². The van der Waals surface area contributed by atoms with Gasteiger partial charge in [-0.15, -0.1) is 0 Å². The number of benzene rings is 1. The molecule has 1 unspecified atom stereocenters. The molecule has 2 aliphatic carbocycles. The summed E-state index contributed by atoms with van der Waals surface area (Å²) in [4.78, 5) is 17.8. The van der Waals surface area contributed by atoms with Crippen molar-refractivity contribution in [1.29, 1.82) is 0 Å². The van der Waals surface area contributed by atoms with Crippen LogP contribution in [0.2, 0.25) is 0 Å². The molecule has 1 aromatic heterocycles. The van der Waals surface area contributed by atoms with E-state index < -0.39 is 0 Å². The van der Waals surface area contributed by atoms with E-state index in [0.29, 0.717) is 4.77 Å². The van der Waals surface area contributed by atoms with Crippen LogP contribution in [-0.2, 0) is 18.3 Å². The minimum Gasteiger partial charge on any atom is -0.336 e. The molecular formula is C16H14N2OS. The maximum atomic E-state index is 12.0. The molecule has 4 heteroatoms. The molecule has 0 radical (unpaired) electrons. The fourth-order valence-corrected chi connectivity index (χ4v) is 3.75. The molecule has 0 aliphatic heterocycles.